The van der Waals surface area contributed by atoms with Crippen molar-refractivity contribution in [3.8, 4) is 17.2 Å². The standard InChI is InChI=1S/C22H15N5O7S2/c28-17-11-19-15(9-13(17)26-35(30,31)21-5-1-3-7-23-21)25-16-10-14(18(29)12-20(16)34-19)27-36(32,33)22-6-2-4-8-24-22/h1-12,26-28H. The van der Waals surface area contributed by atoms with Crippen molar-refractivity contribution in [3.63, 3.8) is 0 Å². The van der Waals surface area contributed by atoms with Gasteiger partial charge in [0, 0.05) is 24.5 Å². The molecule has 3 N–H and O–H groups in total. The number of phenolic OH excluding ortho intramolecular Hbond substituents is 1. The third kappa shape index (κ3) is 4.42. The van der Waals surface area contributed by atoms with Crippen LogP contribution in [0.3, 0.4) is 0 Å². The molecule has 14 heteroatoms. The molecule has 0 atom stereocenters. The summed E-state index contributed by atoms with van der Waals surface area (Å²) in [6, 6.07) is 13.3. The quantitative estimate of drug-likeness (QED) is 0.220. The normalized spacial score (nSPS) is 12.0. The second kappa shape index (κ2) is 8.58. The van der Waals surface area contributed by atoms with E-state index in [1.807, 2.05) is 0 Å². The first-order chi connectivity index (χ1) is 17.1. The SMILES string of the molecule is O=c1cc2oc3cc(O)c(NS(=O)(=O)c4ccccn4)cc3nc-2cc1NS(=O)(=O)c1ccccn1. The maximum absolute atomic E-state index is 12.6. The van der Waals surface area contributed by atoms with Crippen molar-refractivity contribution in [1.29, 1.82) is 0 Å². The summed E-state index contributed by atoms with van der Waals surface area (Å²) in [7, 11) is -8.25. The van der Waals surface area contributed by atoms with Crippen LogP contribution in [0.5, 0.6) is 5.75 Å². The van der Waals surface area contributed by atoms with E-state index < -0.39 is 31.2 Å². The zero-order valence-electron chi connectivity index (χ0n) is 18.0. The number of phenols is 1. The lowest BCUT2D eigenvalue weighted by Gasteiger charge is -2.12. The number of aromatic nitrogens is 3. The molecule has 36 heavy (non-hydrogen) atoms. The van der Waals surface area contributed by atoms with Crippen LogP contribution >= 0.6 is 0 Å². The van der Waals surface area contributed by atoms with E-state index in [0.29, 0.717) is 0 Å². The lowest BCUT2D eigenvalue weighted by atomic mass is 10.2. The topological polar surface area (TPSA) is 181 Å². The van der Waals surface area contributed by atoms with Crippen LogP contribution in [0.4, 0.5) is 11.4 Å². The molecule has 0 saturated heterocycles. The summed E-state index contributed by atoms with van der Waals surface area (Å²) in [4.78, 5) is 24.4. The van der Waals surface area contributed by atoms with E-state index in [0.717, 1.165) is 12.1 Å². The molecule has 0 saturated carbocycles. The van der Waals surface area contributed by atoms with Crippen LogP contribution in [-0.4, -0.2) is 36.9 Å². The molecule has 5 rings (SSSR count). The summed E-state index contributed by atoms with van der Waals surface area (Å²) < 4.78 is 60.4. The van der Waals surface area contributed by atoms with E-state index >= 15 is 0 Å². The lowest BCUT2D eigenvalue weighted by molar-refractivity contribution is 0.476. The lowest BCUT2D eigenvalue weighted by Crippen LogP contribution is -2.19. The van der Waals surface area contributed by atoms with Crippen molar-refractivity contribution >= 4 is 42.5 Å². The van der Waals surface area contributed by atoms with Crippen LogP contribution in [0.25, 0.3) is 22.6 Å². The van der Waals surface area contributed by atoms with Gasteiger partial charge in [-0.25, -0.2) is 15.0 Å². The van der Waals surface area contributed by atoms with Crippen molar-refractivity contribution in [2.45, 2.75) is 10.1 Å². The van der Waals surface area contributed by atoms with E-state index in [4.69, 9.17) is 4.42 Å². The Balaban J connectivity index is 1.56. The highest BCUT2D eigenvalue weighted by molar-refractivity contribution is 7.93. The largest absolute Gasteiger partial charge is 0.506 e. The Labute approximate surface area is 203 Å². The maximum atomic E-state index is 12.6. The average molecular weight is 526 g/mol. The Hall–Kier alpha value is -4.56. The van der Waals surface area contributed by atoms with Crippen LogP contribution in [0.2, 0.25) is 0 Å². The van der Waals surface area contributed by atoms with Crippen LogP contribution in [-0.2, 0) is 20.0 Å². The van der Waals surface area contributed by atoms with Crippen LogP contribution in [0.1, 0.15) is 0 Å². The van der Waals surface area contributed by atoms with E-state index in [1.165, 1.54) is 48.8 Å². The fourth-order valence-electron chi connectivity index (χ4n) is 3.26. The van der Waals surface area contributed by atoms with Gasteiger partial charge >= 0.3 is 0 Å². The Morgan fingerprint density at radius 2 is 1.39 bits per heavy atom. The number of rotatable bonds is 6. The Morgan fingerprint density at radius 1 is 0.778 bits per heavy atom. The third-order valence-corrected chi connectivity index (χ3v) is 7.48. The zero-order chi connectivity index (χ0) is 25.5. The molecule has 0 spiro atoms. The first kappa shape index (κ1) is 23.2. The predicted molar refractivity (Wildman–Crippen MR) is 129 cm³/mol. The van der Waals surface area contributed by atoms with Crippen LogP contribution in [0.15, 0.2) is 92.3 Å². The molecular formula is C22H15N5O7S2. The number of nitrogens with one attached hydrogen (secondary N) is 2. The fourth-order valence-corrected chi connectivity index (χ4v) is 5.29. The van der Waals surface area contributed by atoms with Gasteiger partial charge in [-0.1, -0.05) is 12.1 Å². The van der Waals surface area contributed by atoms with Crippen molar-refractivity contribution in [2.24, 2.45) is 0 Å². The van der Waals surface area contributed by atoms with Gasteiger partial charge in [-0.15, -0.1) is 0 Å². The fraction of sp³-hybridized carbons (Fsp3) is 0. The number of hydrogen-bond acceptors (Lipinski definition) is 10. The van der Waals surface area contributed by atoms with Gasteiger partial charge in [-0.2, -0.15) is 16.8 Å². The molecule has 0 unspecified atom stereocenters. The van der Waals surface area contributed by atoms with Gasteiger partial charge in [-0.05, 0) is 36.4 Å². The summed E-state index contributed by atoms with van der Waals surface area (Å²) in [5, 5.41) is 9.81. The van der Waals surface area contributed by atoms with Crippen molar-refractivity contribution in [1.82, 2.24) is 15.0 Å². The predicted octanol–water partition coefficient (Wildman–Crippen LogP) is 2.39. The van der Waals surface area contributed by atoms with Crippen molar-refractivity contribution in [3.05, 3.63) is 83.3 Å². The van der Waals surface area contributed by atoms with Crippen molar-refractivity contribution < 1.29 is 26.4 Å². The molecule has 3 heterocycles. The maximum Gasteiger partial charge on any atom is 0.279 e. The number of benzene rings is 2. The molecule has 3 aromatic rings. The molecule has 1 aromatic carbocycles. The summed E-state index contributed by atoms with van der Waals surface area (Å²) in [6.45, 7) is 0. The highest BCUT2D eigenvalue weighted by Crippen LogP contribution is 2.33. The summed E-state index contributed by atoms with van der Waals surface area (Å²) in [5.74, 6) is -0.427. The second-order valence-corrected chi connectivity index (χ2v) is 10.7. The van der Waals surface area contributed by atoms with Gasteiger partial charge in [0.15, 0.2) is 21.4 Å². The van der Waals surface area contributed by atoms with Gasteiger partial charge in [-0.3, -0.25) is 14.2 Å². The highest BCUT2D eigenvalue weighted by atomic mass is 32.2. The summed E-state index contributed by atoms with van der Waals surface area (Å²) >= 11 is 0. The number of sulfonamides is 2. The minimum atomic E-state index is -4.14. The van der Waals surface area contributed by atoms with E-state index in [2.05, 4.69) is 24.4 Å². The molecule has 0 bridgehead atoms. The minimum Gasteiger partial charge on any atom is -0.506 e. The molecule has 0 fully saturated rings. The number of nitrogens with zero attached hydrogens (tertiary/aromatic N) is 3. The molecule has 0 amide bonds. The average Bonchev–Trinajstić information content (AvgIpc) is 2.85. The molecule has 2 aromatic heterocycles. The summed E-state index contributed by atoms with van der Waals surface area (Å²) in [5.41, 5.74) is -0.879. The summed E-state index contributed by atoms with van der Waals surface area (Å²) in [6.07, 6.45) is 2.61. The van der Waals surface area contributed by atoms with Gasteiger partial charge in [0.25, 0.3) is 20.0 Å². The molecular weight excluding hydrogens is 510 g/mol. The van der Waals surface area contributed by atoms with Crippen LogP contribution in [0, 0.1) is 0 Å². The zero-order valence-corrected chi connectivity index (χ0v) is 19.6. The first-order valence-electron chi connectivity index (χ1n) is 10.1. The van der Waals surface area contributed by atoms with E-state index in [-0.39, 0.29) is 44.0 Å². The number of hydrogen-bond donors (Lipinski definition) is 3. The number of aromatic hydroxyl groups is 1. The van der Waals surface area contributed by atoms with Crippen LogP contribution < -0.4 is 14.9 Å². The van der Waals surface area contributed by atoms with E-state index in [1.54, 1.807) is 12.1 Å². The molecule has 2 aliphatic rings. The molecule has 0 radical (unpaired) electrons. The van der Waals surface area contributed by atoms with Gasteiger partial charge in [0.05, 0.1) is 11.4 Å². The molecule has 1 aliphatic heterocycles. The Bertz CT molecular complexity index is 1840. The first-order valence-corrected chi connectivity index (χ1v) is 13.1. The number of pyridine rings is 2. The number of anilines is 2. The van der Waals surface area contributed by atoms with Gasteiger partial charge in [0.1, 0.15) is 17.0 Å². The highest BCUT2D eigenvalue weighted by Gasteiger charge is 2.22. The Morgan fingerprint density at radius 3 is 1.97 bits per heavy atom. The molecule has 1 aliphatic carbocycles. The minimum absolute atomic E-state index is 0.0227. The monoisotopic (exact) mass is 525 g/mol. The number of fused-ring (bicyclic) bond motifs is 2. The van der Waals surface area contributed by atoms with Crippen molar-refractivity contribution in [2.75, 3.05) is 9.44 Å². The smallest absolute Gasteiger partial charge is 0.279 e. The third-order valence-electron chi connectivity index (χ3n) is 4.91. The van der Waals surface area contributed by atoms with Gasteiger partial charge < -0.3 is 9.52 Å². The van der Waals surface area contributed by atoms with E-state index in [9.17, 15) is 26.7 Å². The second-order valence-electron chi connectivity index (χ2n) is 7.41. The van der Waals surface area contributed by atoms with Gasteiger partial charge in [0.2, 0.25) is 5.43 Å². The Kier molecular flexibility index (Phi) is 5.53. The molecule has 12 nitrogen and oxygen atoms in total. The molecule has 182 valence electrons.